The summed E-state index contributed by atoms with van der Waals surface area (Å²) < 4.78 is 0. The van der Waals surface area contributed by atoms with E-state index in [1.165, 1.54) is 11.0 Å². The van der Waals surface area contributed by atoms with Gasteiger partial charge < -0.3 is 10.4 Å². The van der Waals surface area contributed by atoms with Crippen molar-refractivity contribution in [1.82, 2.24) is 5.32 Å². The Morgan fingerprint density at radius 1 is 1.29 bits per heavy atom. The number of aryl methyl sites for hydroxylation is 1. The lowest BCUT2D eigenvalue weighted by Crippen LogP contribution is -2.38. The molecule has 0 saturated heterocycles. The van der Waals surface area contributed by atoms with Crippen LogP contribution >= 0.6 is 11.3 Å². The molecule has 0 unspecified atom stereocenters. The first-order valence-corrected chi connectivity index (χ1v) is 7.69. The molecule has 0 spiro atoms. The fraction of sp³-hybridized carbons (Fsp3) is 0.235. The Labute approximate surface area is 128 Å². The minimum Gasteiger partial charge on any atom is -0.394 e. The number of hydrogen-bond donors (Lipinski definition) is 2. The van der Waals surface area contributed by atoms with Crippen molar-refractivity contribution in [3.05, 3.63) is 63.9 Å². The van der Waals surface area contributed by atoms with Gasteiger partial charge in [0.05, 0.1) is 12.6 Å². The van der Waals surface area contributed by atoms with E-state index in [0.717, 1.165) is 10.4 Å². The third kappa shape index (κ3) is 5.17. The van der Waals surface area contributed by atoms with Crippen molar-refractivity contribution in [3.8, 4) is 0 Å². The molecule has 2 rings (SSSR count). The number of carbonyl (C=O) groups is 1. The van der Waals surface area contributed by atoms with E-state index in [9.17, 15) is 9.90 Å². The molecule has 3 nitrogen and oxygen atoms in total. The van der Waals surface area contributed by atoms with E-state index in [2.05, 4.69) is 5.32 Å². The van der Waals surface area contributed by atoms with Gasteiger partial charge >= 0.3 is 0 Å². The molecule has 0 fully saturated rings. The van der Waals surface area contributed by atoms with Gasteiger partial charge in [-0.3, -0.25) is 4.79 Å². The molecular formula is C17H19NO2S. The Morgan fingerprint density at radius 3 is 2.67 bits per heavy atom. The summed E-state index contributed by atoms with van der Waals surface area (Å²) >= 11 is 1.64. The highest BCUT2D eigenvalue weighted by Crippen LogP contribution is 2.16. The maximum atomic E-state index is 11.9. The van der Waals surface area contributed by atoms with Gasteiger partial charge in [-0.2, -0.15) is 0 Å². The van der Waals surface area contributed by atoms with E-state index in [1.54, 1.807) is 17.4 Å². The van der Waals surface area contributed by atoms with Crippen molar-refractivity contribution in [2.24, 2.45) is 0 Å². The molecule has 1 atom stereocenters. The topological polar surface area (TPSA) is 49.3 Å². The van der Waals surface area contributed by atoms with Gasteiger partial charge in [0.2, 0.25) is 5.91 Å². The van der Waals surface area contributed by atoms with Crippen LogP contribution in [0.5, 0.6) is 0 Å². The molecule has 0 radical (unpaired) electrons. The average molecular weight is 301 g/mol. The minimum atomic E-state index is -0.269. The zero-order valence-electron chi connectivity index (χ0n) is 12.0. The van der Waals surface area contributed by atoms with Gasteiger partial charge in [0.25, 0.3) is 0 Å². The molecule has 21 heavy (non-hydrogen) atoms. The van der Waals surface area contributed by atoms with Crippen LogP contribution in [0.3, 0.4) is 0 Å². The maximum absolute atomic E-state index is 11.9. The second-order valence-corrected chi connectivity index (χ2v) is 6.18. The maximum Gasteiger partial charge on any atom is 0.244 e. The Bertz CT molecular complexity index is 604. The highest BCUT2D eigenvalue weighted by molar-refractivity contribution is 7.12. The number of thiophene rings is 1. The van der Waals surface area contributed by atoms with Crippen molar-refractivity contribution >= 4 is 23.3 Å². The number of nitrogens with one attached hydrogen (secondary N) is 1. The van der Waals surface area contributed by atoms with E-state index < -0.39 is 0 Å². The van der Waals surface area contributed by atoms with Crippen molar-refractivity contribution < 1.29 is 9.90 Å². The number of aliphatic hydroxyl groups is 1. The van der Waals surface area contributed by atoms with Gasteiger partial charge in [0.15, 0.2) is 0 Å². The standard InChI is InChI=1S/C17H19NO2S/c1-13-7-8-16(21-13)9-10-17(20)18-15(12-19)11-14-5-3-2-4-6-14/h2-10,15,19H,11-12H2,1H3,(H,18,20)/b10-9+/t15-/m1/s1. The lowest BCUT2D eigenvalue weighted by Gasteiger charge is -2.15. The predicted octanol–water partition coefficient (Wildman–Crippen LogP) is 2.79. The highest BCUT2D eigenvalue weighted by Gasteiger charge is 2.10. The fourth-order valence-electron chi connectivity index (χ4n) is 2.01. The predicted molar refractivity (Wildman–Crippen MR) is 87.3 cm³/mol. The van der Waals surface area contributed by atoms with Gasteiger partial charge in [-0.15, -0.1) is 11.3 Å². The Hall–Kier alpha value is -1.91. The van der Waals surface area contributed by atoms with Crippen molar-refractivity contribution in [3.63, 3.8) is 0 Å². The first-order chi connectivity index (χ1) is 10.2. The summed E-state index contributed by atoms with van der Waals surface area (Å²) in [4.78, 5) is 14.1. The number of hydrogen-bond acceptors (Lipinski definition) is 3. The molecule has 0 bridgehead atoms. The second-order valence-electron chi connectivity index (χ2n) is 4.86. The third-order valence-corrected chi connectivity index (χ3v) is 4.02. The summed E-state index contributed by atoms with van der Waals surface area (Å²) in [6, 6.07) is 13.6. The third-order valence-electron chi connectivity index (χ3n) is 3.05. The summed E-state index contributed by atoms with van der Waals surface area (Å²) in [6.45, 7) is 1.95. The van der Waals surface area contributed by atoms with Crippen LogP contribution in [0.15, 0.2) is 48.5 Å². The minimum absolute atomic E-state index is 0.0768. The lowest BCUT2D eigenvalue weighted by molar-refractivity contribution is -0.117. The first-order valence-electron chi connectivity index (χ1n) is 6.87. The van der Waals surface area contributed by atoms with Crippen LogP contribution < -0.4 is 5.32 Å². The zero-order valence-corrected chi connectivity index (χ0v) is 12.8. The average Bonchev–Trinajstić information content (AvgIpc) is 2.91. The van der Waals surface area contributed by atoms with Crippen LogP contribution in [-0.2, 0) is 11.2 Å². The van der Waals surface area contributed by atoms with Crippen molar-refractivity contribution in [2.45, 2.75) is 19.4 Å². The van der Waals surface area contributed by atoms with Crippen LogP contribution in [0.1, 0.15) is 15.3 Å². The highest BCUT2D eigenvalue weighted by atomic mass is 32.1. The second kappa shape index (κ2) is 7.76. The van der Waals surface area contributed by atoms with E-state index in [-0.39, 0.29) is 18.6 Å². The molecule has 110 valence electrons. The molecule has 1 aromatic carbocycles. The van der Waals surface area contributed by atoms with Crippen molar-refractivity contribution in [2.75, 3.05) is 6.61 Å². The SMILES string of the molecule is Cc1ccc(/C=C/C(=O)N[C@@H](CO)Cc2ccccc2)s1. The summed E-state index contributed by atoms with van der Waals surface area (Å²) in [6.07, 6.45) is 3.93. The van der Waals surface area contributed by atoms with E-state index in [0.29, 0.717) is 6.42 Å². The summed E-state index contributed by atoms with van der Waals surface area (Å²) in [5, 5.41) is 12.2. The van der Waals surface area contributed by atoms with Crippen LogP contribution in [0.25, 0.3) is 6.08 Å². The molecule has 1 aromatic heterocycles. The van der Waals surface area contributed by atoms with Crippen molar-refractivity contribution in [1.29, 1.82) is 0 Å². The molecule has 0 saturated carbocycles. The number of benzene rings is 1. The monoisotopic (exact) mass is 301 g/mol. The number of amides is 1. The van der Waals surface area contributed by atoms with Gasteiger partial charge in [-0.1, -0.05) is 30.3 Å². The van der Waals surface area contributed by atoms with Crippen LogP contribution in [0.2, 0.25) is 0 Å². The van der Waals surface area contributed by atoms with Gasteiger partial charge in [0.1, 0.15) is 0 Å². The summed E-state index contributed by atoms with van der Waals surface area (Å²) in [5.74, 6) is -0.184. The van der Waals surface area contributed by atoms with Crippen LogP contribution in [0, 0.1) is 6.92 Å². The molecule has 4 heteroatoms. The molecule has 1 heterocycles. The summed E-state index contributed by atoms with van der Waals surface area (Å²) in [7, 11) is 0. The van der Waals surface area contributed by atoms with Crippen LogP contribution in [0.4, 0.5) is 0 Å². The smallest absolute Gasteiger partial charge is 0.244 e. The summed E-state index contributed by atoms with van der Waals surface area (Å²) in [5.41, 5.74) is 1.09. The Kier molecular flexibility index (Phi) is 5.72. The van der Waals surface area contributed by atoms with Crippen LogP contribution in [-0.4, -0.2) is 23.7 Å². The first kappa shape index (κ1) is 15.5. The molecule has 1 amide bonds. The molecule has 0 aliphatic carbocycles. The van der Waals surface area contributed by atoms with E-state index in [4.69, 9.17) is 0 Å². The van der Waals surface area contributed by atoms with Gasteiger partial charge in [0, 0.05) is 15.8 Å². The zero-order chi connectivity index (χ0) is 15.1. The normalized spacial score (nSPS) is 12.5. The van der Waals surface area contributed by atoms with E-state index in [1.807, 2.05) is 49.4 Å². The van der Waals surface area contributed by atoms with E-state index >= 15 is 0 Å². The van der Waals surface area contributed by atoms with Gasteiger partial charge in [-0.25, -0.2) is 0 Å². The Balaban J connectivity index is 1.89. The lowest BCUT2D eigenvalue weighted by atomic mass is 10.1. The molecule has 2 aromatic rings. The molecule has 0 aliphatic heterocycles. The fourth-order valence-corrected chi connectivity index (χ4v) is 2.79. The largest absolute Gasteiger partial charge is 0.394 e. The molecular weight excluding hydrogens is 282 g/mol. The number of rotatable bonds is 6. The number of carbonyl (C=O) groups excluding carboxylic acids is 1. The quantitative estimate of drug-likeness (QED) is 0.806. The number of aliphatic hydroxyl groups excluding tert-OH is 1. The molecule has 0 aliphatic rings. The Morgan fingerprint density at radius 2 is 2.05 bits per heavy atom. The molecule has 2 N–H and O–H groups in total. The van der Waals surface area contributed by atoms with Gasteiger partial charge in [-0.05, 0) is 37.1 Å².